The highest BCUT2D eigenvalue weighted by atomic mass is 16.4. The molecule has 0 aliphatic carbocycles. The molecule has 0 radical (unpaired) electrons. The molecule has 2 rings (SSSR count). The summed E-state index contributed by atoms with van der Waals surface area (Å²) >= 11 is 0. The Balaban J connectivity index is 2.64. The molecular formula is C6H7N3O2. The van der Waals surface area contributed by atoms with Gasteiger partial charge in [-0.2, -0.15) is 4.98 Å². The second-order valence-electron chi connectivity index (χ2n) is 2.08. The Kier molecular flexibility index (Phi) is 1.06. The molecule has 5 nitrogen and oxygen atoms in total. The first-order valence-corrected chi connectivity index (χ1v) is 3.13. The van der Waals surface area contributed by atoms with Gasteiger partial charge in [0.1, 0.15) is 0 Å². The summed E-state index contributed by atoms with van der Waals surface area (Å²) in [6, 6.07) is 1.82. The molecular weight excluding hydrogens is 146 g/mol. The molecule has 11 heavy (non-hydrogen) atoms. The van der Waals surface area contributed by atoms with Gasteiger partial charge < -0.3 is 19.9 Å². The summed E-state index contributed by atoms with van der Waals surface area (Å²) in [7, 11) is 1.75. The average molecular weight is 153 g/mol. The number of hydrogen-bond donors (Lipinski definition) is 2. The Morgan fingerprint density at radius 2 is 2.36 bits per heavy atom. The van der Waals surface area contributed by atoms with Gasteiger partial charge in [0, 0.05) is 13.1 Å². The molecule has 0 atom stereocenters. The van der Waals surface area contributed by atoms with Crippen LogP contribution in [0.2, 0.25) is 0 Å². The summed E-state index contributed by atoms with van der Waals surface area (Å²) < 4.78 is 10.1. The number of aromatic nitrogens is 1. The maximum Gasteiger partial charge on any atom is 0.295 e. The van der Waals surface area contributed by atoms with E-state index >= 15 is 0 Å². The fourth-order valence-corrected chi connectivity index (χ4v) is 0.875. The quantitative estimate of drug-likeness (QED) is 0.640. The first-order chi connectivity index (χ1) is 5.29. The third kappa shape index (κ3) is 0.813. The van der Waals surface area contributed by atoms with E-state index in [1.165, 1.54) is 0 Å². The zero-order valence-corrected chi connectivity index (χ0v) is 5.92. The molecule has 0 saturated heterocycles. The van der Waals surface area contributed by atoms with Gasteiger partial charge in [-0.3, -0.25) is 0 Å². The lowest BCUT2D eigenvalue weighted by atomic mass is 10.6. The Morgan fingerprint density at radius 3 is 3.00 bits per heavy atom. The van der Waals surface area contributed by atoms with Crippen LogP contribution in [0.4, 0.5) is 11.9 Å². The van der Waals surface area contributed by atoms with Crippen LogP contribution in [0.15, 0.2) is 14.9 Å². The molecule has 0 aliphatic heterocycles. The van der Waals surface area contributed by atoms with Crippen molar-refractivity contribution >= 4 is 23.2 Å². The van der Waals surface area contributed by atoms with Crippen LogP contribution >= 0.6 is 0 Å². The third-order valence-corrected chi connectivity index (χ3v) is 1.35. The van der Waals surface area contributed by atoms with E-state index in [0.717, 1.165) is 0 Å². The Bertz CT molecular complexity index is 344. The van der Waals surface area contributed by atoms with Crippen LogP contribution in [0.3, 0.4) is 0 Å². The molecule has 0 saturated carbocycles. The van der Waals surface area contributed by atoms with Crippen LogP contribution in [-0.4, -0.2) is 12.0 Å². The van der Waals surface area contributed by atoms with Crippen LogP contribution in [-0.2, 0) is 0 Å². The minimum atomic E-state index is 0.126. The molecule has 0 fully saturated rings. The van der Waals surface area contributed by atoms with Gasteiger partial charge in [-0.15, -0.1) is 0 Å². The minimum absolute atomic E-state index is 0.126. The van der Waals surface area contributed by atoms with E-state index < -0.39 is 0 Å². The molecule has 2 aromatic heterocycles. The molecule has 58 valence electrons. The van der Waals surface area contributed by atoms with E-state index in [4.69, 9.17) is 14.6 Å². The third-order valence-electron chi connectivity index (χ3n) is 1.35. The molecule has 0 amide bonds. The van der Waals surface area contributed by atoms with Crippen molar-refractivity contribution < 1.29 is 8.83 Å². The van der Waals surface area contributed by atoms with E-state index in [1.54, 1.807) is 13.1 Å². The second-order valence-corrected chi connectivity index (χ2v) is 2.08. The number of rotatable bonds is 1. The zero-order valence-electron chi connectivity index (χ0n) is 5.92. The van der Waals surface area contributed by atoms with Crippen molar-refractivity contribution in [2.45, 2.75) is 0 Å². The molecule has 5 heteroatoms. The highest BCUT2D eigenvalue weighted by molar-refractivity contribution is 5.72. The molecule has 0 unspecified atom stereocenters. The van der Waals surface area contributed by atoms with E-state index in [1.807, 2.05) is 0 Å². The molecule has 0 spiro atoms. The van der Waals surface area contributed by atoms with Gasteiger partial charge in [0.25, 0.3) is 11.7 Å². The van der Waals surface area contributed by atoms with Gasteiger partial charge in [-0.1, -0.05) is 0 Å². The summed E-state index contributed by atoms with van der Waals surface area (Å²) in [6.07, 6.45) is 0. The summed E-state index contributed by atoms with van der Waals surface area (Å²) in [4.78, 5) is 3.79. The number of anilines is 2. The smallest absolute Gasteiger partial charge is 0.295 e. The van der Waals surface area contributed by atoms with Crippen molar-refractivity contribution in [2.75, 3.05) is 18.1 Å². The van der Waals surface area contributed by atoms with Crippen LogP contribution in [0.25, 0.3) is 11.3 Å². The first-order valence-electron chi connectivity index (χ1n) is 3.13. The lowest BCUT2D eigenvalue weighted by molar-refractivity contribution is 0.620. The van der Waals surface area contributed by atoms with Crippen molar-refractivity contribution in [1.29, 1.82) is 0 Å². The van der Waals surface area contributed by atoms with Gasteiger partial charge >= 0.3 is 0 Å². The number of nitrogens with two attached hydrogens (primary N) is 1. The van der Waals surface area contributed by atoms with Crippen molar-refractivity contribution in [2.24, 2.45) is 0 Å². The minimum Gasteiger partial charge on any atom is -0.420 e. The predicted octanol–water partition coefficient (Wildman–Crippen LogP) is 1.04. The van der Waals surface area contributed by atoms with Crippen LogP contribution in [0.5, 0.6) is 0 Å². The zero-order chi connectivity index (χ0) is 7.84. The highest BCUT2D eigenvalue weighted by Crippen LogP contribution is 2.23. The van der Waals surface area contributed by atoms with Crippen molar-refractivity contribution in [3.8, 4) is 0 Å². The molecule has 2 heterocycles. The Hall–Kier alpha value is -1.65. The number of nitrogen functional groups attached to an aromatic ring is 1. The molecule has 0 bridgehead atoms. The first kappa shape index (κ1) is 6.09. The monoisotopic (exact) mass is 153 g/mol. The van der Waals surface area contributed by atoms with Crippen molar-refractivity contribution in [1.82, 2.24) is 4.98 Å². The van der Waals surface area contributed by atoms with Gasteiger partial charge in [0.05, 0.1) is 0 Å². The average Bonchev–Trinajstić information content (AvgIpc) is 2.43. The Labute approximate surface area is 62.2 Å². The van der Waals surface area contributed by atoms with Gasteiger partial charge in [-0.05, 0) is 0 Å². The van der Waals surface area contributed by atoms with Gasteiger partial charge in [0.15, 0.2) is 11.5 Å². The fourth-order valence-electron chi connectivity index (χ4n) is 0.875. The summed E-state index contributed by atoms with van der Waals surface area (Å²) in [5.41, 5.74) is 6.25. The standard InChI is InChI=1S/C6H7N3O2/c1-8-4-2-3-5(11-4)9-6(7)10-3/h2,8H,1H3,(H2,7,9). The fraction of sp³-hybridized carbons (Fsp3) is 0.167. The van der Waals surface area contributed by atoms with E-state index in [0.29, 0.717) is 17.2 Å². The molecule has 3 N–H and O–H groups in total. The number of nitrogens with zero attached hydrogens (tertiary/aromatic N) is 1. The van der Waals surface area contributed by atoms with Crippen molar-refractivity contribution in [3.05, 3.63) is 6.07 Å². The Morgan fingerprint density at radius 1 is 1.55 bits per heavy atom. The molecule has 2 aromatic rings. The normalized spacial score (nSPS) is 10.6. The number of nitrogens with one attached hydrogen (secondary N) is 1. The predicted molar refractivity (Wildman–Crippen MR) is 40.2 cm³/mol. The number of hydrogen-bond acceptors (Lipinski definition) is 5. The molecule has 0 aliphatic rings. The maximum absolute atomic E-state index is 5.27. The topological polar surface area (TPSA) is 77.2 Å². The number of furan rings is 1. The van der Waals surface area contributed by atoms with Crippen LogP contribution in [0, 0.1) is 0 Å². The SMILES string of the molecule is CNc1cc2oc(N)nc2o1. The van der Waals surface area contributed by atoms with Crippen LogP contribution < -0.4 is 11.1 Å². The van der Waals surface area contributed by atoms with Gasteiger partial charge in [0.2, 0.25) is 0 Å². The highest BCUT2D eigenvalue weighted by Gasteiger charge is 2.08. The van der Waals surface area contributed by atoms with E-state index in [2.05, 4.69) is 10.3 Å². The van der Waals surface area contributed by atoms with Crippen molar-refractivity contribution in [3.63, 3.8) is 0 Å². The number of fused-ring (bicyclic) bond motifs is 1. The lowest BCUT2D eigenvalue weighted by Crippen LogP contribution is -1.83. The molecule has 0 aromatic carbocycles. The summed E-state index contributed by atoms with van der Waals surface area (Å²) in [5, 5.41) is 2.81. The second kappa shape index (κ2) is 1.91. The summed E-state index contributed by atoms with van der Waals surface area (Å²) in [5.74, 6) is 0.617. The number of oxazole rings is 1. The van der Waals surface area contributed by atoms with E-state index in [9.17, 15) is 0 Å². The summed E-state index contributed by atoms with van der Waals surface area (Å²) in [6.45, 7) is 0. The maximum atomic E-state index is 5.27. The van der Waals surface area contributed by atoms with Gasteiger partial charge in [-0.25, -0.2) is 0 Å². The van der Waals surface area contributed by atoms with E-state index in [-0.39, 0.29) is 6.01 Å². The largest absolute Gasteiger partial charge is 0.420 e. The van der Waals surface area contributed by atoms with Crippen LogP contribution in [0.1, 0.15) is 0 Å². The lowest BCUT2D eigenvalue weighted by Gasteiger charge is -1.86.